The van der Waals surface area contributed by atoms with Gasteiger partial charge in [0.2, 0.25) is 0 Å². The quantitative estimate of drug-likeness (QED) is 0.269. The average molecular weight is 537 g/mol. The Bertz CT molecular complexity index is 1360. The Balaban J connectivity index is 1.44. The van der Waals surface area contributed by atoms with Gasteiger partial charge < -0.3 is 14.8 Å². The molecule has 2 amide bonds. The summed E-state index contributed by atoms with van der Waals surface area (Å²) < 4.78 is 25.8. The first-order valence-corrected chi connectivity index (χ1v) is 12.8. The number of halogens is 1. The van der Waals surface area contributed by atoms with E-state index < -0.39 is 11.7 Å². The molecular formula is C28H25FN2O4S2. The van der Waals surface area contributed by atoms with Gasteiger partial charge in [-0.15, -0.1) is 0 Å². The van der Waals surface area contributed by atoms with Gasteiger partial charge >= 0.3 is 0 Å². The molecule has 1 aliphatic heterocycles. The molecule has 1 aliphatic rings. The summed E-state index contributed by atoms with van der Waals surface area (Å²) in [5, 5.41) is 2.52. The molecule has 1 heterocycles. The van der Waals surface area contributed by atoms with Crippen molar-refractivity contribution in [3.63, 3.8) is 0 Å². The molecule has 9 heteroatoms. The Morgan fingerprint density at radius 2 is 1.86 bits per heavy atom. The summed E-state index contributed by atoms with van der Waals surface area (Å²) >= 11 is 6.69. The summed E-state index contributed by atoms with van der Waals surface area (Å²) in [6.45, 7) is 4.10. The minimum absolute atomic E-state index is 0.0959. The molecular weight excluding hydrogens is 511 g/mol. The first-order chi connectivity index (χ1) is 17.8. The average Bonchev–Trinajstić information content (AvgIpc) is 3.14. The number of nitrogens with one attached hydrogen (secondary N) is 1. The van der Waals surface area contributed by atoms with Gasteiger partial charge in [0.05, 0.1) is 23.7 Å². The van der Waals surface area contributed by atoms with E-state index in [-0.39, 0.29) is 18.2 Å². The number of thioether (sulfide) groups is 1. The standard InChI is InChI=1S/C28H25FN2O4S2/c1-3-34-24-14-20(15-25-27(33)31(28(36)37-25)16-19-7-5-4-6-8-19)10-12-23(24)35-17-26(32)30-22-13-18(2)9-11-21(22)29/h4-15H,3,16-17H2,1-2H3,(H,30,32). The Labute approximate surface area is 224 Å². The van der Waals surface area contributed by atoms with E-state index in [1.165, 1.54) is 17.8 Å². The summed E-state index contributed by atoms with van der Waals surface area (Å²) in [4.78, 5) is 27.4. The minimum Gasteiger partial charge on any atom is -0.490 e. The molecule has 0 unspecified atom stereocenters. The monoisotopic (exact) mass is 536 g/mol. The Morgan fingerprint density at radius 3 is 2.62 bits per heavy atom. The number of carbonyl (C=O) groups excluding carboxylic acids is 2. The lowest BCUT2D eigenvalue weighted by Gasteiger charge is -2.14. The number of anilines is 1. The number of hydrogen-bond acceptors (Lipinski definition) is 6. The lowest BCUT2D eigenvalue weighted by atomic mass is 10.1. The van der Waals surface area contributed by atoms with E-state index in [2.05, 4.69) is 5.32 Å². The van der Waals surface area contributed by atoms with Crippen molar-refractivity contribution >= 4 is 51.9 Å². The molecule has 0 atom stereocenters. The molecule has 0 aliphatic carbocycles. The van der Waals surface area contributed by atoms with Crippen LogP contribution in [0.2, 0.25) is 0 Å². The Morgan fingerprint density at radius 1 is 1.08 bits per heavy atom. The van der Waals surface area contributed by atoms with Crippen molar-refractivity contribution in [2.45, 2.75) is 20.4 Å². The van der Waals surface area contributed by atoms with E-state index in [9.17, 15) is 14.0 Å². The van der Waals surface area contributed by atoms with Crippen LogP contribution in [0.1, 0.15) is 23.6 Å². The van der Waals surface area contributed by atoms with Crippen molar-refractivity contribution in [1.82, 2.24) is 4.90 Å². The minimum atomic E-state index is -0.521. The summed E-state index contributed by atoms with van der Waals surface area (Å²) in [5.74, 6) is -0.399. The van der Waals surface area contributed by atoms with E-state index in [4.69, 9.17) is 21.7 Å². The smallest absolute Gasteiger partial charge is 0.266 e. The maximum Gasteiger partial charge on any atom is 0.266 e. The predicted octanol–water partition coefficient (Wildman–Crippen LogP) is 5.95. The highest BCUT2D eigenvalue weighted by molar-refractivity contribution is 8.26. The molecule has 0 aromatic heterocycles. The zero-order valence-electron chi connectivity index (χ0n) is 20.3. The molecule has 190 valence electrons. The van der Waals surface area contributed by atoms with Crippen molar-refractivity contribution in [3.05, 3.63) is 94.1 Å². The number of aryl methyl sites for hydroxylation is 1. The first kappa shape index (κ1) is 26.4. The third-order valence-corrected chi connectivity index (χ3v) is 6.75. The highest BCUT2D eigenvalue weighted by Crippen LogP contribution is 2.35. The Kier molecular flexibility index (Phi) is 8.58. The van der Waals surface area contributed by atoms with Crippen LogP contribution in [-0.2, 0) is 16.1 Å². The molecule has 4 rings (SSSR count). The number of benzene rings is 3. The van der Waals surface area contributed by atoms with E-state index in [1.807, 2.05) is 44.2 Å². The van der Waals surface area contributed by atoms with E-state index in [0.717, 1.165) is 16.7 Å². The van der Waals surface area contributed by atoms with Crippen LogP contribution in [0.3, 0.4) is 0 Å². The molecule has 0 bridgehead atoms. The highest BCUT2D eigenvalue weighted by atomic mass is 32.2. The highest BCUT2D eigenvalue weighted by Gasteiger charge is 2.32. The Hall–Kier alpha value is -3.69. The van der Waals surface area contributed by atoms with Crippen molar-refractivity contribution in [2.24, 2.45) is 0 Å². The van der Waals surface area contributed by atoms with Gasteiger partial charge in [-0.05, 0) is 60.9 Å². The number of hydrogen-bond donors (Lipinski definition) is 1. The number of rotatable bonds is 9. The van der Waals surface area contributed by atoms with Crippen LogP contribution >= 0.6 is 24.0 Å². The van der Waals surface area contributed by atoms with Gasteiger partial charge in [-0.1, -0.05) is 66.4 Å². The van der Waals surface area contributed by atoms with Crippen LogP contribution in [-0.4, -0.2) is 34.2 Å². The van der Waals surface area contributed by atoms with Crippen molar-refractivity contribution < 1.29 is 23.5 Å². The van der Waals surface area contributed by atoms with Crippen LogP contribution in [0.4, 0.5) is 10.1 Å². The summed E-state index contributed by atoms with van der Waals surface area (Å²) in [6, 6.07) is 19.3. The third kappa shape index (κ3) is 6.75. The molecule has 0 spiro atoms. The van der Waals surface area contributed by atoms with Crippen molar-refractivity contribution in [2.75, 3.05) is 18.5 Å². The van der Waals surface area contributed by atoms with E-state index >= 15 is 0 Å². The number of amides is 2. The van der Waals surface area contributed by atoms with Gasteiger partial charge in [-0.3, -0.25) is 14.5 Å². The molecule has 6 nitrogen and oxygen atoms in total. The summed E-state index contributed by atoms with van der Waals surface area (Å²) in [6.07, 6.45) is 1.75. The summed E-state index contributed by atoms with van der Waals surface area (Å²) in [5.41, 5.74) is 2.64. The molecule has 1 fully saturated rings. The summed E-state index contributed by atoms with van der Waals surface area (Å²) in [7, 11) is 0. The second-order valence-corrected chi connectivity index (χ2v) is 9.89. The zero-order chi connectivity index (χ0) is 26.4. The van der Waals surface area contributed by atoms with Gasteiger partial charge in [0.1, 0.15) is 10.1 Å². The van der Waals surface area contributed by atoms with Crippen LogP contribution in [0.15, 0.2) is 71.6 Å². The normalized spacial score (nSPS) is 14.2. The zero-order valence-corrected chi connectivity index (χ0v) is 22.0. The molecule has 1 N–H and O–H groups in total. The van der Waals surface area contributed by atoms with Crippen molar-refractivity contribution in [1.29, 1.82) is 0 Å². The molecule has 1 saturated heterocycles. The number of ether oxygens (including phenoxy) is 2. The molecule has 3 aromatic carbocycles. The van der Waals surface area contributed by atoms with Gasteiger partial charge in [0.15, 0.2) is 18.1 Å². The maximum absolute atomic E-state index is 13.9. The largest absolute Gasteiger partial charge is 0.490 e. The molecule has 37 heavy (non-hydrogen) atoms. The lowest BCUT2D eigenvalue weighted by molar-refractivity contribution is -0.122. The SMILES string of the molecule is CCOc1cc(C=C2SC(=S)N(Cc3ccccc3)C2=O)ccc1OCC(=O)Nc1cc(C)ccc1F. The van der Waals surface area contributed by atoms with Crippen molar-refractivity contribution in [3.8, 4) is 11.5 Å². The first-order valence-electron chi connectivity index (χ1n) is 11.6. The van der Waals surface area contributed by atoms with E-state index in [0.29, 0.717) is 33.9 Å². The van der Waals surface area contributed by atoms with Crippen LogP contribution in [0, 0.1) is 12.7 Å². The molecule has 0 radical (unpaired) electrons. The van der Waals surface area contributed by atoms with Gasteiger partial charge in [0, 0.05) is 0 Å². The number of nitrogens with zero attached hydrogens (tertiary/aromatic N) is 1. The third-order valence-electron chi connectivity index (χ3n) is 5.38. The molecule has 3 aromatic rings. The van der Waals surface area contributed by atoms with Crippen LogP contribution < -0.4 is 14.8 Å². The fraction of sp³-hybridized carbons (Fsp3) is 0.179. The van der Waals surface area contributed by atoms with Gasteiger partial charge in [0.25, 0.3) is 11.8 Å². The fourth-order valence-electron chi connectivity index (χ4n) is 3.62. The van der Waals surface area contributed by atoms with Crippen LogP contribution in [0.5, 0.6) is 11.5 Å². The van der Waals surface area contributed by atoms with Gasteiger partial charge in [-0.25, -0.2) is 4.39 Å². The predicted molar refractivity (Wildman–Crippen MR) is 148 cm³/mol. The maximum atomic E-state index is 13.9. The van der Waals surface area contributed by atoms with Gasteiger partial charge in [-0.2, -0.15) is 0 Å². The van der Waals surface area contributed by atoms with E-state index in [1.54, 1.807) is 41.3 Å². The number of thiocarbonyl (C=S) groups is 1. The fourth-order valence-corrected chi connectivity index (χ4v) is 4.88. The second-order valence-electron chi connectivity index (χ2n) is 8.21. The van der Waals surface area contributed by atoms with Crippen LogP contribution in [0.25, 0.3) is 6.08 Å². The molecule has 0 saturated carbocycles. The topological polar surface area (TPSA) is 67.9 Å². The number of carbonyl (C=O) groups is 2. The second kappa shape index (κ2) is 12.0. The lowest BCUT2D eigenvalue weighted by Crippen LogP contribution is -2.27.